The van der Waals surface area contributed by atoms with Crippen molar-refractivity contribution in [3.63, 3.8) is 0 Å². The Kier molecular flexibility index (Phi) is 7.46. The molecule has 1 aromatic heterocycles. The summed E-state index contributed by atoms with van der Waals surface area (Å²) in [5.41, 5.74) is 0.675. The number of piperazine rings is 1. The van der Waals surface area contributed by atoms with Gasteiger partial charge >= 0.3 is 6.18 Å². The van der Waals surface area contributed by atoms with Crippen LogP contribution in [0.15, 0.2) is 57.9 Å². The molecule has 39 heavy (non-hydrogen) atoms. The molecule has 2 aliphatic rings. The molecule has 0 radical (unpaired) electrons. The van der Waals surface area contributed by atoms with Gasteiger partial charge in [0.05, 0.1) is 16.6 Å². The summed E-state index contributed by atoms with van der Waals surface area (Å²) in [5.74, 6) is 0.935. The number of hydrogen-bond donors (Lipinski definition) is 0. The lowest BCUT2D eigenvalue weighted by Gasteiger charge is -2.34. The van der Waals surface area contributed by atoms with Crippen molar-refractivity contribution in [2.75, 3.05) is 44.2 Å². The number of halogens is 3. The third-order valence-electron chi connectivity index (χ3n) is 6.75. The summed E-state index contributed by atoms with van der Waals surface area (Å²) in [5, 5.41) is 3.90. The summed E-state index contributed by atoms with van der Waals surface area (Å²) in [4.78, 5) is 19.7. The minimum Gasteiger partial charge on any atom is -0.345 e. The smallest absolute Gasteiger partial charge is 0.345 e. The zero-order valence-electron chi connectivity index (χ0n) is 20.9. The Balaban J connectivity index is 1.17. The van der Waals surface area contributed by atoms with Gasteiger partial charge in [-0.1, -0.05) is 5.16 Å². The normalized spacial score (nSPS) is 21.4. The number of anilines is 1. The minimum absolute atomic E-state index is 0.173. The topological polar surface area (TPSA) is 109 Å². The van der Waals surface area contributed by atoms with Gasteiger partial charge in [-0.05, 0) is 48.5 Å². The molecule has 14 heteroatoms. The summed E-state index contributed by atoms with van der Waals surface area (Å²) in [6, 6.07) is 10.9. The molecule has 2 saturated heterocycles. The number of carbonyl (C=O) groups excluding carboxylic acids is 1. The number of alkyl halides is 3. The van der Waals surface area contributed by atoms with Crippen LogP contribution in [0.4, 0.5) is 18.9 Å². The van der Waals surface area contributed by atoms with Crippen molar-refractivity contribution in [2.24, 2.45) is 0 Å². The van der Waals surface area contributed by atoms with Crippen LogP contribution >= 0.6 is 0 Å². The molecular weight excluding hydrogens is 539 g/mol. The van der Waals surface area contributed by atoms with Gasteiger partial charge in [0.1, 0.15) is 0 Å². The lowest BCUT2D eigenvalue weighted by molar-refractivity contribution is -0.137. The van der Waals surface area contributed by atoms with E-state index in [9.17, 15) is 26.4 Å². The van der Waals surface area contributed by atoms with Gasteiger partial charge in [0.2, 0.25) is 21.7 Å². The number of hydrogen-bond acceptors (Lipinski definition) is 9. The second kappa shape index (κ2) is 10.7. The Bertz CT molecular complexity index is 1410. The van der Waals surface area contributed by atoms with Crippen LogP contribution in [0.1, 0.15) is 11.5 Å². The molecule has 2 atom stereocenters. The van der Waals surface area contributed by atoms with Crippen LogP contribution in [-0.4, -0.2) is 85.7 Å². The lowest BCUT2D eigenvalue weighted by atomic mass is 10.1. The standard InChI is InChI=1S/C25H26F3N5O5S/c1-17-29-24(30-38-17)18-2-6-20(7-3-18)33-15-21(37-23(33)16-34)14-31-10-12-32(13-11-31)39(35,36)22-8-4-19(5-9-22)25(26,27)28/h2-9,16,21,23H,10-15H2,1H3. The number of aromatic nitrogens is 2. The highest BCUT2D eigenvalue weighted by molar-refractivity contribution is 7.89. The first kappa shape index (κ1) is 27.2. The van der Waals surface area contributed by atoms with Crippen molar-refractivity contribution in [1.29, 1.82) is 0 Å². The van der Waals surface area contributed by atoms with Gasteiger partial charge in [0.25, 0.3) is 0 Å². The quantitative estimate of drug-likeness (QED) is 0.400. The van der Waals surface area contributed by atoms with Crippen LogP contribution < -0.4 is 4.90 Å². The molecule has 2 aliphatic heterocycles. The van der Waals surface area contributed by atoms with E-state index in [0.29, 0.717) is 37.9 Å². The van der Waals surface area contributed by atoms with E-state index in [2.05, 4.69) is 15.0 Å². The summed E-state index contributed by atoms with van der Waals surface area (Å²) < 4.78 is 76.6. The zero-order valence-corrected chi connectivity index (χ0v) is 21.7. The van der Waals surface area contributed by atoms with E-state index in [1.807, 2.05) is 29.2 Å². The molecule has 0 amide bonds. The number of rotatable bonds is 7. The van der Waals surface area contributed by atoms with Crippen LogP contribution in [0.2, 0.25) is 0 Å². The van der Waals surface area contributed by atoms with Gasteiger partial charge in [0, 0.05) is 57.4 Å². The molecule has 2 fully saturated rings. The van der Waals surface area contributed by atoms with E-state index in [0.717, 1.165) is 41.8 Å². The average molecular weight is 566 g/mol. The van der Waals surface area contributed by atoms with Gasteiger partial charge in [-0.2, -0.15) is 22.5 Å². The molecule has 208 valence electrons. The fourth-order valence-electron chi connectivity index (χ4n) is 4.72. The third kappa shape index (κ3) is 5.83. The monoisotopic (exact) mass is 565 g/mol. The van der Waals surface area contributed by atoms with Crippen molar-refractivity contribution in [3.05, 3.63) is 60.0 Å². The summed E-state index contributed by atoms with van der Waals surface area (Å²) in [6.45, 7) is 3.89. The molecule has 3 aromatic rings. The maximum absolute atomic E-state index is 12.9. The number of ether oxygens (including phenoxy) is 1. The first-order chi connectivity index (χ1) is 18.5. The second-order valence-corrected chi connectivity index (χ2v) is 11.3. The number of sulfonamides is 1. The number of benzene rings is 2. The SMILES string of the molecule is Cc1nc(-c2ccc(N3CC(CN4CCN(S(=O)(=O)c5ccc(C(F)(F)F)cc5)CC4)OC3C=O)cc2)no1. The van der Waals surface area contributed by atoms with Crippen molar-refractivity contribution in [3.8, 4) is 11.4 Å². The Morgan fingerprint density at radius 2 is 1.69 bits per heavy atom. The van der Waals surface area contributed by atoms with E-state index < -0.39 is 28.0 Å². The summed E-state index contributed by atoms with van der Waals surface area (Å²) in [6.07, 6.45) is -4.83. The van der Waals surface area contributed by atoms with E-state index in [1.54, 1.807) is 6.92 Å². The number of nitrogens with zero attached hydrogens (tertiary/aromatic N) is 5. The average Bonchev–Trinajstić information content (AvgIpc) is 3.54. The fraction of sp³-hybridized carbons (Fsp3) is 0.400. The van der Waals surface area contributed by atoms with Crippen LogP contribution in [0.25, 0.3) is 11.4 Å². The van der Waals surface area contributed by atoms with E-state index in [1.165, 1.54) is 4.31 Å². The molecular formula is C25H26F3N5O5S. The first-order valence-corrected chi connectivity index (χ1v) is 13.7. The van der Waals surface area contributed by atoms with Crippen molar-refractivity contribution >= 4 is 22.0 Å². The van der Waals surface area contributed by atoms with Gasteiger partial charge in [-0.25, -0.2) is 8.42 Å². The Morgan fingerprint density at radius 1 is 1.03 bits per heavy atom. The minimum atomic E-state index is -4.54. The summed E-state index contributed by atoms with van der Waals surface area (Å²) in [7, 11) is -3.92. The lowest BCUT2D eigenvalue weighted by Crippen LogP contribution is -2.50. The van der Waals surface area contributed by atoms with Crippen molar-refractivity contribution in [2.45, 2.75) is 30.3 Å². The van der Waals surface area contributed by atoms with Crippen LogP contribution in [0, 0.1) is 6.92 Å². The highest BCUT2D eigenvalue weighted by Crippen LogP contribution is 2.31. The molecule has 0 spiro atoms. The molecule has 10 nitrogen and oxygen atoms in total. The largest absolute Gasteiger partial charge is 0.416 e. The molecule has 0 aliphatic carbocycles. The van der Waals surface area contributed by atoms with E-state index >= 15 is 0 Å². The predicted octanol–water partition coefficient (Wildman–Crippen LogP) is 2.80. The molecule has 0 N–H and O–H groups in total. The van der Waals surface area contributed by atoms with Crippen LogP contribution in [0.3, 0.4) is 0 Å². The Labute approximate surface area is 223 Å². The summed E-state index contributed by atoms with van der Waals surface area (Å²) >= 11 is 0. The van der Waals surface area contributed by atoms with Gasteiger partial charge in [-0.3, -0.25) is 9.69 Å². The Morgan fingerprint density at radius 3 is 2.26 bits per heavy atom. The maximum atomic E-state index is 12.9. The maximum Gasteiger partial charge on any atom is 0.416 e. The number of carbonyl (C=O) groups is 1. The Hall–Kier alpha value is -3.33. The highest BCUT2D eigenvalue weighted by Gasteiger charge is 2.36. The predicted molar refractivity (Wildman–Crippen MR) is 133 cm³/mol. The molecule has 5 rings (SSSR count). The van der Waals surface area contributed by atoms with Gasteiger partial charge < -0.3 is 14.2 Å². The van der Waals surface area contributed by atoms with Gasteiger partial charge in [0.15, 0.2) is 12.5 Å². The highest BCUT2D eigenvalue weighted by atomic mass is 32.2. The van der Waals surface area contributed by atoms with Crippen molar-refractivity contribution in [1.82, 2.24) is 19.3 Å². The first-order valence-electron chi connectivity index (χ1n) is 12.2. The number of aldehydes is 1. The molecule has 2 unspecified atom stereocenters. The number of aryl methyl sites for hydroxylation is 1. The van der Waals surface area contributed by atoms with E-state index in [4.69, 9.17) is 9.26 Å². The fourth-order valence-corrected chi connectivity index (χ4v) is 6.14. The van der Waals surface area contributed by atoms with E-state index in [-0.39, 0.29) is 24.1 Å². The molecule has 0 saturated carbocycles. The van der Waals surface area contributed by atoms with Crippen LogP contribution in [-0.2, 0) is 25.7 Å². The molecule has 3 heterocycles. The van der Waals surface area contributed by atoms with Gasteiger partial charge in [-0.15, -0.1) is 0 Å². The zero-order chi connectivity index (χ0) is 27.8. The molecule has 0 bridgehead atoms. The second-order valence-electron chi connectivity index (χ2n) is 9.35. The van der Waals surface area contributed by atoms with Crippen LogP contribution in [0.5, 0.6) is 0 Å². The molecule has 2 aromatic carbocycles. The van der Waals surface area contributed by atoms with Crippen molar-refractivity contribution < 1.29 is 35.6 Å². The third-order valence-corrected chi connectivity index (χ3v) is 8.67.